The highest BCUT2D eigenvalue weighted by Crippen LogP contribution is 2.46. The Kier molecular flexibility index (Phi) is 4.22. The molecule has 0 radical (unpaired) electrons. The van der Waals surface area contributed by atoms with Gasteiger partial charge in [-0.05, 0) is 12.1 Å². The van der Waals surface area contributed by atoms with Gasteiger partial charge in [-0.25, -0.2) is 0 Å². The van der Waals surface area contributed by atoms with Crippen LogP contribution >= 0.6 is 7.14 Å². The summed E-state index contributed by atoms with van der Waals surface area (Å²) in [6.07, 6.45) is 0. The SMILES string of the molecule is COc1c(N)cccc1P(=O)(c1ccccc1)c1ccccc1. The first kappa shape index (κ1) is 15.4. The molecule has 3 aromatic carbocycles. The largest absolute Gasteiger partial charge is 0.494 e. The Hall–Kier alpha value is -2.51. The predicted octanol–water partition coefficient (Wildman–Crippen LogP) is 2.92. The maximum Gasteiger partial charge on any atom is 0.174 e. The van der Waals surface area contributed by atoms with Crippen molar-refractivity contribution in [2.24, 2.45) is 0 Å². The number of ether oxygens (including phenoxy) is 1. The number of benzene rings is 3. The van der Waals surface area contributed by atoms with E-state index >= 15 is 0 Å². The number of hydrogen-bond donors (Lipinski definition) is 1. The van der Waals surface area contributed by atoms with Gasteiger partial charge in [-0.3, -0.25) is 0 Å². The molecule has 116 valence electrons. The maximum absolute atomic E-state index is 14.2. The van der Waals surface area contributed by atoms with Crippen LogP contribution in [0.1, 0.15) is 0 Å². The van der Waals surface area contributed by atoms with E-state index in [9.17, 15) is 4.57 Å². The summed E-state index contributed by atoms with van der Waals surface area (Å²) in [5.41, 5.74) is 6.52. The number of methoxy groups -OCH3 is 1. The normalized spacial score (nSPS) is 11.2. The minimum atomic E-state index is -3.06. The van der Waals surface area contributed by atoms with E-state index in [0.717, 1.165) is 10.6 Å². The molecule has 0 unspecified atom stereocenters. The average molecular weight is 323 g/mol. The fourth-order valence-corrected chi connectivity index (χ4v) is 5.56. The van der Waals surface area contributed by atoms with Gasteiger partial charge in [0, 0.05) is 10.6 Å². The fourth-order valence-electron chi connectivity index (χ4n) is 2.72. The van der Waals surface area contributed by atoms with Crippen LogP contribution in [0.15, 0.2) is 78.9 Å². The first-order chi connectivity index (χ1) is 11.2. The number of hydrogen-bond acceptors (Lipinski definition) is 3. The van der Waals surface area contributed by atoms with Crippen LogP contribution in [0.5, 0.6) is 5.75 Å². The molecule has 0 saturated heterocycles. The van der Waals surface area contributed by atoms with Crippen LogP contribution in [0.4, 0.5) is 5.69 Å². The van der Waals surface area contributed by atoms with Crippen LogP contribution in [0.2, 0.25) is 0 Å². The third-order valence-electron chi connectivity index (χ3n) is 3.81. The number of nitrogens with two attached hydrogens (primary N) is 1. The zero-order chi connectivity index (χ0) is 16.3. The monoisotopic (exact) mass is 323 g/mol. The molecule has 0 saturated carbocycles. The van der Waals surface area contributed by atoms with Gasteiger partial charge in [0.25, 0.3) is 0 Å². The van der Waals surface area contributed by atoms with Crippen molar-refractivity contribution >= 4 is 28.7 Å². The van der Waals surface area contributed by atoms with Crippen molar-refractivity contribution < 1.29 is 9.30 Å². The Morgan fingerprint density at radius 2 is 1.30 bits per heavy atom. The molecule has 0 amide bonds. The predicted molar refractivity (Wildman–Crippen MR) is 96.8 cm³/mol. The molecular formula is C19H18NO2P. The third kappa shape index (κ3) is 2.64. The summed E-state index contributed by atoms with van der Waals surface area (Å²) in [5, 5.41) is 2.14. The lowest BCUT2D eigenvalue weighted by atomic mass is 10.3. The van der Waals surface area contributed by atoms with E-state index in [1.165, 1.54) is 0 Å². The first-order valence-corrected chi connectivity index (χ1v) is 9.03. The number of para-hydroxylation sites is 1. The Labute approximate surface area is 136 Å². The smallest absolute Gasteiger partial charge is 0.174 e. The molecule has 0 heterocycles. The molecule has 0 aliphatic rings. The molecule has 4 heteroatoms. The highest BCUT2D eigenvalue weighted by atomic mass is 31.2. The second-order valence-corrected chi connectivity index (χ2v) is 7.91. The minimum Gasteiger partial charge on any atom is -0.494 e. The summed E-state index contributed by atoms with van der Waals surface area (Å²) in [7, 11) is -1.51. The van der Waals surface area contributed by atoms with Crippen LogP contribution in [0, 0.1) is 0 Å². The second kappa shape index (κ2) is 6.31. The molecule has 23 heavy (non-hydrogen) atoms. The summed E-state index contributed by atoms with van der Waals surface area (Å²) in [5.74, 6) is 0.475. The molecule has 3 aromatic rings. The fraction of sp³-hybridized carbons (Fsp3) is 0.0526. The Morgan fingerprint density at radius 1 is 0.783 bits per heavy atom. The lowest BCUT2D eigenvalue weighted by molar-refractivity contribution is 0.420. The van der Waals surface area contributed by atoms with Crippen molar-refractivity contribution in [2.75, 3.05) is 12.8 Å². The van der Waals surface area contributed by atoms with E-state index in [2.05, 4.69) is 0 Å². The molecule has 3 rings (SSSR count). The van der Waals surface area contributed by atoms with Gasteiger partial charge in [0.1, 0.15) is 0 Å². The molecule has 0 fully saturated rings. The van der Waals surface area contributed by atoms with Crippen molar-refractivity contribution in [1.29, 1.82) is 0 Å². The van der Waals surface area contributed by atoms with Crippen molar-refractivity contribution in [2.45, 2.75) is 0 Å². The molecule has 3 nitrogen and oxygen atoms in total. The van der Waals surface area contributed by atoms with Crippen molar-refractivity contribution in [1.82, 2.24) is 0 Å². The number of anilines is 1. The van der Waals surface area contributed by atoms with Crippen molar-refractivity contribution in [3.05, 3.63) is 78.9 Å². The van der Waals surface area contributed by atoms with Gasteiger partial charge in [0.15, 0.2) is 12.9 Å². The van der Waals surface area contributed by atoms with E-state index in [-0.39, 0.29) is 0 Å². The topological polar surface area (TPSA) is 52.3 Å². The molecule has 0 bridgehead atoms. The molecular weight excluding hydrogens is 305 g/mol. The van der Waals surface area contributed by atoms with Crippen LogP contribution in [-0.4, -0.2) is 7.11 Å². The Balaban J connectivity index is 2.35. The van der Waals surface area contributed by atoms with Crippen molar-refractivity contribution in [3.8, 4) is 5.75 Å². The summed E-state index contributed by atoms with van der Waals surface area (Å²) in [4.78, 5) is 0. The lowest BCUT2D eigenvalue weighted by Gasteiger charge is -2.22. The highest BCUT2D eigenvalue weighted by Gasteiger charge is 2.33. The van der Waals surface area contributed by atoms with Gasteiger partial charge in [-0.15, -0.1) is 0 Å². The Bertz CT molecular complexity index is 804. The summed E-state index contributed by atoms with van der Waals surface area (Å²) < 4.78 is 19.7. The number of nitrogen functional groups attached to an aromatic ring is 1. The zero-order valence-electron chi connectivity index (χ0n) is 12.8. The number of rotatable bonds is 4. The van der Waals surface area contributed by atoms with Crippen LogP contribution in [0.25, 0.3) is 0 Å². The van der Waals surface area contributed by atoms with Gasteiger partial charge in [-0.2, -0.15) is 0 Å². The van der Waals surface area contributed by atoms with Crippen molar-refractivity contribution in [3.63, 3.8) is 0 Å². The molecule has 0 atom stereocenters. The van der Waals surface area contributed by atoms with Gasteiger partial charge < -0.3 is 15.0 Å². The van der Waals surface area contributed by atoms with E-state index in [0.29, 0.717) is 16.7 Å². The maximum atomic E-state index is 14.2. The standard InChI is InChI=1S/C19H18NO2P/c1-22-19-17(20)13-8-14-18(19)23(21,15-9-4-2-5-10-15)16-11-6-3-7-12-16/h2-14H,20H2,1H3. The van der Waals surface area contributed by atoms with Gasteiger partial charge in [-0.1, -0.05) is 66.7 Å². The molecule has 2 N–H and O–H groups in total. The zero-order valence-corrected chi connectivity index (χ0v) is 13.7. The third-order valence-corrected chi connectivity index (χ3v) is 6.89. The molecule has 0 aliphatic heterocycles. The molecule has 0 aromatic heterocycles. The lowest BCUT2D eigenvalue weighted by Crippen LogP contribution is -2.26. The van der Waals surface area contributed by atoms with Crippen LogP contribution < -0.4 is 26.4 Å². The van der Waals surface area contributed by atoms with E-state index in [1.807, 2.05) is 72.8 Å². The summed E-state index contributed by atoms with van der Waals surface area (Å²) in [6.45, 7) is 0. The second-order valence-electron chi connectivity index (χ2n) is 5.18. The average Bonchev–Trinajstić information content (AvgIpc) is 2.62. The van der Waals surface area contributed by atoms with Crippen LogP contribution in [-0.2, 0) is 4.57 Å². The van der Waals surface area contributed by atoms with Gasteiger partial charge in [0.05, 0.1) is 18.1 Å². The highest BCUT2D eigenvalue weighted by molar-refractivity contribution is 7.85. The minimum absolute atomic E-state index is 0.475. The quantitative estimate of drug-likeness (QED) is 0.593. The van der Waals surface area contributed by atoms with E-state index < -0.39 is 7.14 Å². The van der Waals surface area contributed by atoms with E-state index in [4.69, 9.17) is 10.5 Å². The van der Waals surface area contributed by atoms with E-state index in [1.54, 1.807) is 13.2 Å². The Morgan fingerprint density at radius 3 is 1.78 bits per heavy atom. The van der Waals surface area contributed by atoms with Gasteiger partial charge >= 0.3 is 0 Å². The van der Waals surface area contributed by atoms with Gasteiger partial charge in [0.2, 0.25) is 0 Å². The summed E-state index contributed by atoms with van der Waals surface area (Å²) >= 11 is 0. The van der Waals surface area contributed by atoms with Crippen LogP contribution in [0.3, 0.4) is 0 Å². The molecule has 0 spiro atoms. The molecule has 0 aliphatic carbocycles. The summed E-state index contributed by atoms with van der Waals surface area (Å²) in [6, 6.07) is 24.3. The first-order valence-electron chi connectivity index (χ1n) is 7.32.